The Bertz CT molecular complexity index is 417. The summed E-state index contributed by atoms with van der Waals surface area (Å²) in [6.07, 6.45) is 0.888. The standard InChI is InChI=1S/C14H19NO2/c1-14(2,3)17-13(16)12-8-11(12)9-4-6-10(15)7-5-9/h4-7,11-12H,8,15H2,1-3H3/t11-,12+/m1/s1. The molecule has 0 unspecified atom stereocenters. The number of anilines is 1. The summed E-state index contributed by atoms with van der Waals surface area (Å²) in [6.45, 7) is 5.68. The van der Waals surface area contributed by atoms with E-state index in [0.717, 1.165) is 12.1 Å². The number of hydrogen-bond acceptors (Lipinski definition) is 3. The van der Waals surface area contributed by atoms with Gasteiger partial charge in [-0.15, -0.1) is 0 Å². The largest absolute Gasteiger partial charge is 0.460 e. The Labute approximate surface area is 102 Å². The van der Waals surface area contributed by atoms with Crippen molar-refractivity contribution in [1.29, 1.82) is 0 Å². The fourth-order valence-electron chi connectivity index (χ4n) is 1.94. The molecule has 0 aromatic heterocycles. The van der Waals surface area contributed by atoms with Crippen molar-refractivity contribution in [2.75, 3.05) is 5.73 Å². The van der Waals surface area contributed by atoms with Gasteiger partial charge in [0.2, 0.25) is 0 Å². The molecule has 0 aliphatic heterocycles. The second-order valence-corrected chi connectivity index (χ2v) is 5.65. The Hall–Kier alpha value is -1.51. The number of carbonyl (C=O) groups is 1. The summed E-state index contributed by atoms with van der Waals surface area (Å²) in [5.41, 5.74) is 7.16. The first-order valence-corrected chi connectivity index (χ1v) is 5.95. The fraction of sp³-hybridized carbons (Fsp3) is 0.500. The minimum absolute atomic E-state index is 0.0258. The van der Waals surface area contributed by atoms with Crippen molar-refractivity contribution in [3.63, 3.8) is 0 Å². The number of nitrogen functional groups attached to an aromatic ring is 1. The van der Waals surface area contributed by atoms with Gasteiger partial charge in [-0.2, -0.15) is 0 Å². The molecule has 0 saturated heterocycles. The molecule has 2 rings (SSSR count). The van der Waals surface area contributed by atoms with Crippen LogP contribution in [-0.2, 0) is 9.53 Å². The first-order valence-electron chi connectivity index (χ1n) is 5.95. The zero-order chi connectivity index (χ0) is 12.6. The van der Waals surface area contributed by atoms with Crippen LogP contribution in [0.1, 0.15) is 38.7 Å². The van der Waals surface area contributed by atoms with Crippen LogP contribution in [-0.4, -0.2) is 11.6 Å². The van der Waals surface area contributed by atoms with Crippen LogP contribution in [0.4, 0.5) is 5.69 Å². The van der Waals surface area contributed by atoms with E-state index >= 15 is 0 Å². The molecule has 1 aromatic rings. The van der Waals surface area contributed by atoms with Gasteiger partial charge in [0.15, 0.2) is 0 Å². The molecule has 1 fully saturated rings. The lowest BCUT2D eigenvalue weighted by atomic mass is 10.1. The van der Waals surface area contributed by atoms with Gasteiger partial charge in [-0.25, -0.2) is 0 Å². The summed E-state index contributed by atoms with van der Waals surface area (Å²) >= 11 is 0. The first-order chi connectivity index (χ1) is 7.87. The van der Waals surface area contributed by atoms with Crippen LogP contribution in [0.15, 0.2) is 24.3 Å². The summed E-state index contributed by atoms with van der Waals surface area (Å²) in [7, 11) is 0. The van der Waals surface area contributed by atoms with Crippen LogP contribution in [0.25, 0.3) is 0 Å². The van der Waals surface area contributed by atoms with E-state index in [0.29, 0.717) is 5.92 Å². The van der Waals surface area contributed by atoms with Crippen LogP contribution in [0, 0.1) is 5.92 Å². The van der Waals surface area contributed by atoms with Crippen molar-refractivity contribution in [3.05, 3.63) is 29.8 Å². The maximum atomic E-state index is 11.8. The Morgan fingerprint density at radius 2 is 1.88 bits per heavy atom. The highest BCUT2D eigenvalue weighted by Gasteiger charge is 2.46. The molecule has 2 atom stereocenters. The summed E-state index contributed by atoms with van der Waals surface area (Å²) in [6, 6.07) is 7.73. The average molecular weight is 233 g/mol. The van der Waals surface area contributed by atoms with E-state index in [9.17, 15) is 4.79 Å². The normalized spacial score (nSPS) is 23.2. The second-order valence-electron chi connectivity index (χ2n) is 5.65. The van der Waals surface area contributed by atoms with Gasteiger partial charge >= 0.3 is 5.97 Å². The van der Waals surface area contributed by atoms with Crippen LogP contribution in [0.2, 0.25) is 0 Å². The zero-order valence-corrected chi connectivity index (χ0v) is 10.6. The third-order valence-electron chi connectivity index (χ3n) is 2.86. The molecule has 1 aliphatic rings. The van der Waals surface area contributed by atoms with Crippen molar-refractivity contribution in [2.45, 2.75) is 38.7 Å². The van der Waals surface area contributed by atoms with Gasteiger partial charge in [0.05, 0.1) is 5.92 Å². The quantitative estimate of drug-likeness (QED) is 0.631. The number of hydrogen-bond donors (Lipinski definition) is 1. The van der Waals surface area contributed by atoms with Gasteiger partial charge in [0.1, 0.15) is 5.60 Å². The third kappa shape index (κ3) is 2.99. The molecule has 2 N–H and O–H groups in total. The van der Waals surface area contributed by atoms with E-state index in [1.807, 2.05) is 45.0 Å². The van der Waals surface area contributed by atoms with Crippen molar-refractivity contribution in [1.82, 2.24) is 0 Å². The van der Waals surface area contributed by atoms with Gasteiger partial charge in [-0.1, -0.05) is 12.1 Å². The number of benzene rings is 1. The Kier molecular flexibility index (Phi) is 2.86. The molecule has 0 radical (unpaired) electrons. The van der Waals surface area contributed by atoms with Crippen LogP contribution in [0.3, 0.4) is 0 Å². The predicted octanol–water partition coefficient (Wildman–Crippen LogP) is 2.71. The van der Waals surface area contributed by atoms with E-state index in [1.54, 1.807) is 0 Å². The van der Waals surface area contributed by atoms with E-state index in [1.165, 1.54) is 5.56 Å². The summed E-state index contributed by atoms with van der Waals surface area (Å²) < 4.78 is 5.37. The van der Waals surface area contributed by atoms with Crippen molar-refractivity contribution >= 4 is 11.7 Å². The smallest absolute Gasteiger partial charge is 0.310 e. The van der Waals surface area contributed by atoms with Crippen molar-refractivity contribution in [3.8, 4) is 0 Å². The lowest BCUT2D eigenvalue weighted by molar-refractivity contribution is -0.156. The van der Waals surface area contributed by atoms with Gasteiger partial charge in [0, 0.05) is 5.69 Å². The lowest BCUT2D eigenvalue weighted by Crippen LogP contribution is -2.25. The molecule has 17 heavy (non-hydrogen) atoms. The predicted molar refractivity (Wildman–Crippen MR) is 67.5 cm³/mol. The highest BCUT2D eigenvalue weighted by atomic mass is 16.6. The summed E-state index contributed by atoms with van der Waals surface area (Å²) in [4.78, 5) is 11.8. The minimum Gasteiger partial charge on any atom is -0.460 e. The van der Waals surface area contributed by atoms with Gasteiger partial charge in [-0.05, 0) is 50.8 Å². The van der Waals surface area contributed by atoms with E-state index in [2.05, 4.69) is 0 Å². The molecule has 1 aliphatic carbocycles. The van der Waals surface area contributed by atoms with Crippen molar-refractivity contribution in [2.24, 2.45) is 5.92 Å². The molecule has 1 saturated carbocycles. The first kappa shape index (κ1) is 12.0. The molecule has 0 heterocycles. The Morgan fingerprint density at radius 3 is 2.41 bits per heavy atom. The summed E-state index contributed by atoms with van der Waals surface area (Å²) in [5, 5.41) is 0. The molecular formula is C14H19NO2. The maximum absolute atomic E-state index is 11.8. The third-order valence-corrected chi connectivity index (χ3v) is 2.86. The van der Waals surface area contributed by atoms with Crippen molar-refractivity contribution < 1.29 is 9.53 Å². The molecule has 0 amide bonds. The molecule has 0 bridgehead atoms. The van der Waals surface area contributed by atoms with Gasteiger partial charge in [0.25, 0.3) is 0 Å². The summed E-state index contributed by atoms with van der Waals surface area (Å²) in [5.74, 6) is 0.252. The van der Waals surface area contributed by atoms with Gasteiger partial charge < -0.3 is 10.5 Å². The Morgan fingerprint density at radius 1 is 1.29 bits per heavy atom. The molecule has 92 valence electrons. The van der Waals surface area contributed by atoms with E-state index in [4.69, 9.17) is 10.5 Å². The van der Waals surface area contributed by atoms with E-state index in [-0.39, 0.29) is 11.9 Å². The highest BCUT2D eigenvalue weighted by molar-refractivity contribution is 5.77. The number of ether oxygens (including phenoxy) is 1. The monoisotopic (exact) mass is 233 g/mol. The fourth-order valence-corrected chi connectivity index (χ4v) is 1.94. The lowest BCUT2D eigenvalue weighted by Gasteiger charge is -2.19. The number of nitrogens with two attached hydrogens (primary N) is 1. The zero-order valence-electron chi connectivity index (χ0n) is 10.6. The molecule has 0 spiro atoms. The van der Waals surface area contributed by atoms with Crippen LogP contribution >= 0.6 is 0 Å². The SMILES string of the molecule is CC(C)(C)OC(=O)[C@H]1C[C@@H]1c1ccc(N)cc1. The van der Waals surface area contributed by atoms with Crippen LogP contribution in [0.5, 0.6) is 0 Å². The number of esters is 1. The van der Waals surface area contributed by atoms with Gasteiger partial charge in [-0.3, -0.25) is 4.79 Å². The van der Waals surface area contributed by atoms with E-state index < -0.39 is 5.60 Å². The second kappa shape index (κ2) is 4.06. The molecule has 3 heteroatoms. The van der Waals surface area contributed by atoms with Crippen LogP contribution < -0.4 is 5.73 Å². The number of rotatable bonds is 2. The molecular weight excluding hydrogens is 214 g/mol. The minimum atomic E-state index is -0.397. The molecule has 3 nitrogen and oxygen atoms in total. The average Bonchev–Trinajstić information content (AvgIpc) is 2.96. The maximum Gasteiger partial charge on any atom is 0.310 e. The number of carbonyl (C=O) groups excluding carboxylic acids is 1. The Balaban J connectivity index is 1.96. The molecule has 1 aromatic carbocycles. The topological polar surface area (TPSA) is 52.3 Å². The highest BCUT2D eigenvalue weighted by Crippen LogP contribution is 2.48.